The summed E-state index contributed by atoms with van der Waals surface area (Å²) in [5.74, 6) is -2.26. The van der Waals surface area contributed by atoms with E-state index in [2.05, 4.69) is 0 Å². The monoisotopic (exact) mass is 330 g/mol. The molecule has 124 valence electrons. The van der Waals surface area contributed by atoms with Gasteiger partial charge < -0.3 is 9.84 Å². The van der Waals surface area contributed by atoms with E-state index in [9.17, 15) is 18.3 Å². The van der Waals surface area contributed by atoms with Gasteiger partial charge in [-0.1, -0.05) is 18.6 Å². The van der Waals surface area contributed by atoms with E-state index < -0.39 is 40.0 Å². The maximum atomic E-state index is 12.1. The SMILES string of the molecule is CC1=CC[C@@H](O)[C@]2(C)CC[C@@H]3[C@H](OC(=O)[C@H]3CS(=O)(=O)O)[C@@H]12. The van der Waals surface area contributed by atoms with Gasteiger partial charge >= 0.3 is 5.97 Å². The summed E-state index contributed by atoms with van der Waals surface area (Å²) in [5, 5.41) is 10.4. The number of ether oxygens (including phenoxy) is 1. The molecule has 0 bridgehead atoms. The van der Waals surface area contributed by atoms with Crippen LogP contribution in [0.3, 0.4) is 0 Å². The highest BCUT2D eigenvalue weighted by atomic mass is 32.2. The Morgan fingerprint density at radius 3 is 2.77 bits per heavy atom. The highest BCUT2D eigenvalue weighted by Crippen LogP contribution is 2.56. The summed E-state index contributed by atoms with van der Waals surface area (Å²) >= 11 is 0. The maximum Gasteiger partial charge on any atom is 0.310 e. The van der Waals surface area contributed by atoms with Crippen molar-refractivity contribution in [1.82, 2.24) is 0 Å². The van der Waals surface area contributed by atoms with Crippen LogP contribution in [0.1, 0.15) is 33.1 Å². The van der Waals surface area contributed by atoms with Crippen LogP contribution in [-0.4, -0.2) is 42.0 Å². The first-order valence-corrected chi connectivity index (χ1v) is 9.25. The summed E-state index contributed by atoms with van der Waals surface area (Å²) in [6.45, 7) is 3.99. The molecule has 0 aromatic heterocycles. The van der Waals surface area contributed by atoms with Crippen molar-refractivity contribution in [3.63, 3.8) is 0 Å². The molecule has 0 aromatic rings. The molecule has 0 radical (unpaired) electrons. The Morgan fingerprint density at radius 1 is 1.45 bits per heavy atom. The van der Waals surface area contributed by atoms with Crippen molar-refractivity contribution in [2.45, 2.75) is 45.3 Å². The van der Waals surface area contributed by atoms with Gasteiger partial charge in [-0.05, 0) is 26.2 Å². The zero-order valence-electron chi connectivity index (χ0n) is 12.7. The number of carbonyl (C=O) groups excluding carboxylic acids is 1. The fraction of sp³-hybridized carbons (Fsp3) is 0.800. The summed E-state index contributed by atoms with van der Waals surface area (Å²) in [6.07, 6.45) is 3.01. The zero-order valence-corrected chi connectivity index (χ0v) is 13.5. The van der Waals surface area contributed by atoms with Crippen molar-refractivity contribution < 1.29 is 27.6 Å². The molecule has 0 unspecified atom stereocenters. The summed E-state index contributed by atoms with van der Waals surface area (Å²) in [6, 6.07) is 0. The van der Waals surface area contributed by atoms with Crippen LogP contribution >= 0.6 is 0 Å². The summed E-state index contributed by atoms with van der Waals surface area (Å²) in [4.78, 5) is 12.1. The van der Waals surface area contributed by atoms with E-state index >= 15 is 0 Å². The number of carbonyl (C=O) groups is 1. The average Bonchev–Trinajstić information content (AvgIpc) is 2.69. The third kappa shape index (κ3) is 2.39. The van der Waals surface area contributed by atoms with Crippen LogP contribution in [0.25, 0.3) is 0 Å². The molecule has 3 rings (SSSR count). The third-order valence-corrected chi connectivity index (χ3v) is 6.63. The second-order valence-corrected chi connectivity index (χ2v) is 8.64. The molecule has 7 heteroatoms. The molecule has 3 aliphatic rings. The van der Waals surface area contributed by atoms with Gasteiger partial charge in [0.1, 0.15) is 6.10 Å². The van der Waals surface area contributed by atoms with Crippen molar-refractivity contribution in [3.8, 4) is 0 Å². The highest BCUT2D eigenvalue weighted by molar-refractivity contribution is 7.85. The van der Waals surface area contributed by atoms with E-state index in [1.165, 1.54) is 0 Å². The Bertz CT molecular complexity index is 624. The van der Waals surface area contributed by atoms with Gasteiger partial charge in [-0.2, -0.15) is 8.42 Å². The molecule has 2 fully saturated rings. The van der Waals surface area contributed by atoms with Gasteiger partial charge in [-0.3, -0.25) is 9.35 Å². The normalized spacial score (nSPS) is 44.8. The first-order valence-electron chi connectivity index (χ1n) is 7.64. The summed E-state index contributed by atoms with van der Waals surface area (Å²) in [7, 11) is -4.22. The van der Waals surface area contributed by atoms with Gasteiger partial charge in [-0.15, -0.1) is 0 Å². The number of hydrogen-bond donors (Lipinski definition) is 2. The minimum absolute atomic E-state index is 0.0923. The van der Waals surface area contributed by atoms with Crippen LogP contribution in [-0.2, 0) is 19.6 Å². The van der Waals surface area contributed by atoms with E-state index in [0.717, 1.165) is 5.57 Å². The lowest BCUT2D eigenvalue weighted by Gasteiger charge is -2.51. The molecule has 2 N–H and O–H groups in total. The largest absolute Gasteiger partial charge is 0.461 e. The van der Waals surface area contributed by atoms with Crippen LogP contribution in [0.5, 0.6) is 0 Å². The first-order chi connectivity index (χ1) is 10.1. The molecule has 6 nitrogen and oxygen atoms in total. The molecule has 6 atom stereocenters. The predicted molar refractivity (Wildman–Crippen MR) is 78.5 cm³/mol. The second kappa shape index (κ2) is 5.04. The van der Waals surface area contributed by atoms with E-state index in [1.54, 1.807) is 0 Å². The lowest BCUT2D eigenvalue weighted by atomic mass is 9.55. The van der Waals surface area contributed by atoms with E-state index in [-0.39, 0.29) is 17.3 Å². The summed E-state index contributed by atoms with van der Waals surface area (Å²) in [5.41, 5.74) is 0.732. The predicted octanol–water partition coefficient (Wildman–Crippen LogP) is 1.16. The zero-order chi connectivity index (χ0) is 16.3. The van der Waals surface area contributed by atoms with Gasteiger partial charge in [0.25, 0.3) is 10.1 Å². The molecule has 2 aliphatic carbocycles. The van der Waals surface area contributed by atoms with Crippen LogP contribution in [0, 0.1) is 23.2 Å². The van der Waals surface area contributed by atoms with Gasteiger partial charge in [-0.25, -0.2) is 0 Å². The number of aliphatic hydroxyl groups excluding tert-OH is 1. The Labute approximate surface area is 130 Å². The van der Waals surface area contributed by atoms with Crippen molar-refractivity contribution in [1.29, 1.82) is 0 Å². The lowest BCUT2D eigenvalue weighted by molar-refractivity contribution is -0.151. The number of fused-ring (bicyclic) bond motifs is 3. The number of hydrogen-bond acceptors (Lipinski definition) is 5. The van der Waals surface area contributed by atoms with Crippen molar-refractivity contribution >= 4 is 16.1 Å². The summed E-state index contributed by atoms with van der Waals surface area (Å²) < 4.78 is 36.9. The molecule has 0 amide bonds. The average molecular weight is 330 g/mol. The van der Waals surface area contributed by atoms with Crippen molar-refractivity contribution in [3.05, 3.63) is 11.6 Å². The second-order valence-electron chi connectivity index (χ2n) is 7.14. The topological polar surface area (TPSA) is 101 Å². The van der Waals surface area contributed by atoms with Crippen LogP contribution in [0.15, 0.2) is 11.6 Å². The smallest absolute Gasteiger partial charge is 0.310 e. The van der Waals surface area contributed by atoms with Gasteiger partial charge in [0.2, 0.25) is 0 Å². The Balaban J connectivity index is 1.94. The molecular formula is C15H22O6S. The molecule has 22 heavy (non-hydrogen) atoms. The number of rotatable bonds is 2. The standard InChI is InChI=1S/C15H22O6S/c1-8-3-4-11(16)15(2)6-5-9-10(7-22(18,19)20)14(17)21-13(9)12(8)15/h3,9-13,16H,4-7H2,1-2H3,(H,18,19,20)/t9-,10-,11+,12+,13-,15-/m0/s1. The van der Waals surface area contributed by atoms with E-state index in [1.807, 2.05) is 19.9 Å². The van der Waals surface area contributed by atoms with Crippen molar-refractivity contribution in [2.24, 2.45) is 23.2 Å². The number of aliphatic hydroxyl groups is 1. The van der Waals surface area contributed by atoms with Crippen LogP contribution < -0.4 is 0 Å². The van der Waals surface area contributed by atoms with Gasteiger partial charge in [0, 0.05) is 17.3 Å². The lowest BCUT2D eigenvalue weighted by Crippen LogP contribution is -2.52. The number of esters is 1. The van der Waals surface area contributed by atoms with Crippen LogP contribution in [0.2, 0.25) is 0 Å². The molecule has 1 heterocycles. The quantitative estimate of drug-likeness (QED) is 0.448. The fourth-order valence-corrected chi connectivity index (χ4v) is 5.50. The molecule has 1 saturated heterocycles. The highest BCUT2D eigenvalue weighted by Gasteiger charge is 2.59. The Hall–Kier alpha value is -0.920. The van der Waals surface area contributed by atoms with Gasteiger partial charge in [0.15, 0.2) is 0 Å². The fourth-order valence-electron chi connectivity index (χ4n) is 4.67. The van der Waals surface area contributed by atoms with Crippen molar-refractivity contribution in [2.75, 3.05) is 5.75 Å². The molecule has 0 spiro atoms. The van der Waals surface area contributed by atoms with Gasteiger partial charge in [0.05, 0.1) is 17.8 Å². The minimum atomic E-state index is -4.22. The molecule has 1 aliphatic heterocycles. The molecule has 1 saturated carbocycles. The molecular weight excluding hydrogens is 308 g/mol. The minimum Gasteiger partial charge on any atom is -0.461 e. The maximum absolute atomic E-state index is 12.1. The third-order valence-electron chi connectivity index (χ3n) is 5.85. The Kier molecular flexibility index (Phi) is 3.66. The molecule has 0 aromatic carbocycles. The van der Waals surface area contributed by atoms with Crippen LogP contribution in [0.4, 0.5) is 0 Å². The Morgan fingerprint density at radius 2 is 2.14 bits per heavy atom. The van der Waals surface area contributed by atoms with E-state index in [4.69, 9.17) is 9.29 Å². The van der Waals surface area contributed by atoms with E-state index in [0.29, 0.717) is 19.3 Å². The first kappa shape index (κ1) is 16.0.